The van der Waals surface area contributed by atoms with Crippen LogP contribution in [0.15, 0.2) is 12.7 Å². The van der Waals surface area contributed by atoms with Crippen LogP contribution < -0.4 is 0 Å². The molecule has 2 aliphatic rings. The molecule has 0 bridgehead atoms. The van der Waals surface area contributed by atoms with Gasteiger partial charge in [-0.05, 0) is 31.7 Å². The van der Waals surface area contributed by atoms with Crippen LogP contribution >= 0.6 is 0 Å². The summed E-state index contributed by atoms with van der Waals surface area (Å²) in [6.45, 7) is 14.9. The van der Waals surface area contributed by atoms with Crippen molar-refractivity contribution in [2.24, 2.45) is 11.8 Å². The summed E-state index contributed by atoms with van der Waals surface area (Å²) in [5, 5.41) is 0. The van der Waals surface area contributed by atoms with Gasteiger partial charge in [0.15, 0.2) is 0 Å². The van der Waals surface area contributed by atoms with Crippen LogP contribution in [0.25, 0.3) is 0 Å². The lowest BCUT2D eigenvalue weighted by Gasteiger charge is -2.35. The van der Waals surface area contributed by atoms with E-state index in [1.54, 1.807) is 0 Å². The summed E-state index contributed by atoms with van der Waals surface area (Å²) in [4.78, 5) is 7.74. The zero-order chi connectivity index (χ0) is 13.7. The zero-order valence-electron chi connectivity index (χ0n) is 12.9. The van der Waals surface area contributed by atoms with E-state index in [9.17, 15) is 0 Å². The highest BCUT2D eigenvalue weighted by molar-refractivity contribution is 4.88. The third-order valence-corrected chi connectivity index (χ3v) is 4.78. The van der Waals surface area contributed by atoms with Gasteiger partial charge in [-0.3, -0.25) is 9.80 Å². The van der Waals surface area contributed by atoms with E-state index in [-0.39, 0.29) is 0 Å². The Labute approximate surface area is 119 Å². The highest BCUT2D eigenvalue weighted by atomic mass is 15.4. The minimum atomic E-state index is 0.852. The molecule has 3 heteroatoms. The molecule has 2 heterocycles. The minimum Gasteiger partial charge on any atom is -0.304 e. The van der Waals surface area contributed by atoms with Gasteiger partial charge in [-0.25, -0.2) is 0 Å². The summed E-state index contributed by atoms with van der Waals surface area (Å²) in [5.41, 5.74) is 0. The number of likely N-dealkylation sites (tertiary alicyclic amines) is 1. The molecule has 0 saturated carbocycles. The minimum absolute atomic E-state index is 0.852. The first kappa shape index (κ1) is 15.0. The molecule has 3 nitrogen and oxygen atoms in total. The van der Waals surface area contributed by atoms with Gasteiger partial charge in [-0.1, -0.05) is 19.4 Å². The number of allylic oxidation sites excluding steroid dienone is 1. The largest absolute Gasteiger partial charge is 0.304 e. The quantitative estimate of drug-likeness (QED) is 0.681. The molecule has 2 rings (SSSR count). The number of piperazine rings is 1. The smallest absolute Gasteiger partial charge is 0.0507 e. The van der Waals surface area contributed by atoms with Gasteiger partial charge in [0.25, 0.3) is 0 Å². The summed E-state index contributed by atoms with van der Waals surface area (Å²) in [5.74, 6) is 1.75. The zero-order valence-corrected chi connectivity index (χ0v) is 12.9. The van der Waals surface area contributed by atoms with Crippen molar-refractivity contribution in [3.05, 3.63) is 12.7 Å². The number of nitrogens with zero attached hydrogens (tertiary/aromatic N) is 3. The summed E-state index contributed by atoms with van der Waals surface area (Å²) >= 11 is 0. The highest BCUT2D eigenvalue weighted by Crippen LogP contribution is 2.30. The molecule has 0 N–H and O–H groups in total. The molecule has 0 aliphatic carbocycles. The molecule has 0 aromatic heterocycles. The second kappa shape index (κ2) is 7.41. The predicted octanol–water partition coefficient (Wildman–Crippen LogP) is 2.12. The van der Waals surface area contributed by atoms with Gasteiger partial charge in [0, 0.05) is 39.3 Å². The third kappa shape index (κ3) is 4.30. The van der Waals surface area contributed by atoms with Crippen LogP contribution in [-0.4, -0.2) is 67.7 Å². The van der Waals surface area contributed by atoms with Gasteiger partial charge in [-0.2, -0.15) is 0 Å². The summed E-state index contributed by atoms with van der Waals surface area (Å²) in [6, 6.07) is 0. The second-order valence-electron chi connectivity index (χ2n) is 6.43. The van der Waals surface area contributed by atoms with E-state index in [4.69, 9.17) is 0 Å². The van der Waals surface area contributed by atoms with Gasteiger partial charge >= 0.3 is 0 Å². The Kier molecular flexibility index (Phi) is 5.86. The van der Waals surface area contributed by atoms with E-state index in [0.717, 1.165) is 11.8 Å². The van der Waals surface area contributed by atoms with Gasteiger partial charge in [-0.15, -0.1) is 6.58 Å². The molecule has 19 heavy (non-hydrogen) atoms. The molecule has 2 saturated heterocycles. The molecule has 110 valence electrons. The van der Waals surface area contributed by atoms with Crippen molar-refractivity contribution in [3.8, 4) is 0 Å². The average Bonchev–Trinajstić information content (AvgIpc) is 2.75. The van der Waals surface area contributed by atoms with Crippen molar-refractivity contribution >= 4 is 0 Å². The fraction of sp³-hybridized carbons (Fsp3) is 0.875. The van der Waals surface area contributed by atoms with Gasteiger partial charge in [0.05, 0.1) is 6.67 Å². The maximum atomic E-state index is 3.93. The average molecular weight is 265 g/mol. The predicted molar refractivity (Wildman–Crippen MR) is 82.2 cm³/mol. The van der Waals surface area contributed by atoms with E-state index in [0.29, 0.717) is 0 Å². The molecule has 0 spiro atoms. The Morgan fingerprint density at radius 3 is 2.37 bits per heavy atom. The van der Waals surface area contributed by atoms with Crippen LogP contribution in [0.4, 0.5) is 0 Å². The van der Waals surface area contributed by atoms with Crippen molar-refractivity contribution in [3.63, 3.8) is 0 Å². The van der Waals surface area contributed by atoms with Crippen molar-refractivity contribution < 1.29 is 0 Å². The first-order chi connectivity index (χ1) is 9.22. The van der Waals surface area contributed by atoms with Crippen LogP contribution in [0.1, 0.15) is 26.2 Å². The third-order valence-electron chi connectivity index (χ3n) is 4.78. The van der Waals surface area contributed by atoms with Gasteiger partial charge in [0.2, 0.25) is 0 Å². The maximum Gasteiger partial charge on any atom is 0.0507 e. The number of hydrogen-bond acceptors (Lipinski definition) is 3. The molecular weight excluding hydrogens is 234 g/mol. The number of likely N-dealkylation sites (N-methyl/N-ethyl adjacent to an activating group) is 1. The topological polar surface area (TPSA) is 9.72 Å². The summed E-state index contributed by atoms with van der Waals surface area (Å²) < 4.78 is 0. The Bertz CT molecular complexity index is 271. The van der Waals surface area contributed by atoms with Crippen molar-refractivity contribution in [2.45, 2.75) is 26.2 Å². The second-order valence-corrected chi connectivity index (χ2v) is 6.43. The van der Waals surface area contributed by atoms with Crippen LogP contribution in [0.3, 0.4) is 0 Å². The maximum absolute atomic E-state index is 3.93. The molecule has 0 aromatic carbocycles. The standard InChI is InChI=1S/C16H31N3/c1-4-6-15-12-19(13-16(15)7-5-2)14-18-10-8-17(3)9-11-18/h4,15-16H,1,5-14H2,2-3H3/t15-,16+/m0/s1. The lowest BCUT2D eigenvalue weighted by Crippen LogP contribution is -2.48. The Morgan fingerprint density at radius 1 is 1.05 bits per heavy atom. The lowest BCUT2D eigenvalue weighted by atomic mass is 9.89. The van der Waals surface area contributed by atoms with Crippen LogP contribution in [0, 0.1) is 11.8 Å². The first-order valence-corrected chi connectivity index (χ1v) is 7.97. The summed E-state index contributed by atoms with van der Waals surface area (Å²) in [6.07, 6.45) is 6.02. The molecule has 0 amide bonds. The Morgan fingerprint density at radius 2 is 1.74 bits per heavy atom. The highest BCUT2D eigenvalue weighted by Gasteiger charge is 2.32. The van der Waals surface area contributed by atoms with Crippen LogP contribution in [0.5, 0.6) is 0 Å². The Balaban J connectivity index is 1.79. The Hall–Kier alpha value is -0.380. The first-order valence-electron chi connectivity index (χ1n) is 7.97. The van der Waals surface area contributed by atoms with Crippen molar-refractivity contribution in [1.82, 2.24) is 14.7 Å². The van der Waals surface area contributed by atoms with Crippen LogP contribution in [-0.2, 0) is 0 Å². The molecule has 2 atom stereocenters. The monoisotopic (exact) mass is 265 g/mol. The van der Waals surface area contributed by atoms with E-state index < -0.39 is 0 Å². The molecule has 0 unspecified atom stereocenters. The molecule has 2 fully saturated rings. The van der Waals surface area contributed by atoms with E-state index in [1.165, 1.54) is 65.2 Å². The molecule has 2 aliphatic heterocycles. The SMILES string of the molecule is C=CC[C@H]1CN(CN2CCN(C)CC2)C[C@H]1CCC. The number of hydrogen-bond donors (Lipinski definition) is 0. The van der Waals surface area contributed by atoms with Gasteiger partial charge in [0.1, 0.15) is 0 Å². The van der Waals surface area contributed by atoms with E-state index in [1.807, 2.05) is 0 Å². The fourth-order valence-electron chi connectivity index (χ4n) is 3.60. The normalized spacial score (nSPS) is 30.8. The van der Waals surface area contributed by atoms with E-state index >= 15 is 0 Å². The van der Waals surface area contributed by atoms with Crippen molar-refractivity contribution in [2.75, 3.05) is 53.0 Å². The molecule has 0 aromatic rings. The van der Waals surface area contributed by atoms with Crippen molar-refractivity contribution in [1.29, 1.82) is 0 Å². The number of rotatable bonds is 6. The molecular formula is C16H31N3. The van der Waals surface area contributed by atoms with E-state index in [2.05, 4.69) is 41.3 Å². The van der Waals surface area contributed by atoms with Crippen LogP contribution in [0.2, 0.25) is 0 Å². The van der Waals surface area contributed by atoms with Gasteiger partial charge < -0.3 is 4.90 Å². The molecule has 0 radical (unpaired) electrons. The lowest BCUT2D eigenvalue weighted by molar-refractivity contribution is 0.0927. The fourth-order valence-corrected chi connectivity index (χ4v) is 3.60. The summed E-state index contributed by atoms with van der Waals surface area (Å²) in [7, 11) is 2.23.